The van der Waals surface area contributed by atoms with E-state index in [1.165, 1.54) is 0 Å². The molecule has 2 aliphatic rings. The average molecular weight is 278 g/mol. The van der Waals surface area contributed by atoms with Gasteiger partial charge in [-0.1, -0.05) is 0 Å². The predicted octanol–water partition coefficient (Wildman–Crippen LogP) is 2.35. The van der Waals surface area contributed by atoms with Crippen molar-refractivity contribution >= 4 is 5.91 Å². The number of hydrogen-bond donors (Lipinski definition) is 2. The average Bonchev–Trinajstić information content (AvgIpc) is 3.11. The summed E-state index contributed by atoms with van der Waals surface area (Å²) in [5.74, 6) is -0.851. The van der Waals surface area contributed by atoms with Gasteiger partial charge in [0.1, 0.15) is 0 Å². The second kappa shape index (κ2) is 5.69. The summed E-state index contributed by atoms with van der Waals surface area (Å²) >= 11 is 0. The molecular weight excluding hydrogens is 257 g/mol. The summed E-state index contributed by atoms with van der Waals surface area (Å²) < 4.78 is 37.5. The third-order valence-electron chi connectivity index (χ3n) is 4.20. The highest BCUT2D eigenvalue weighted by Crippen LogP contribution is 2.37. The molecule has 0 saturated heterocycles. The van der Waals surface area contributed by atoms with Crippen molar-refractivity contribution in [3.05, 3.63) is 0 Å². The van der Waals surface area contributed by atoms with Gasteiger partial charge in [0.25, 0.3) is 0 Å². The molecule has 110 valence electrons. The maximum absolute atomic E-state index is 12.5. The van der Waals surface area contributed by atoms with E-state index in [0.717, 1.165) is 12.8 Å². The van der Waals surface area contributed by atoms with E-state index in [0.29, 0.717) is 25.2 Å². The Morgan fingerprint density at radius 2 is 1.74 bits per heavy atom. The highest BCUT2D eigenvalue weighted by Gasteiger charge is 2.41. The van der Waals surface area contributed by atoms with E-state index < -0.39 is 12.1 Å². The van der Waals surface area contributed by atoms with E-state index in [1.807, 2.05) is 0 Å². The minimum absolute atomic E-state index is 0.0912. The van der Waals surface area contributed by atoms with Gasteiger partial charge in [-0.3, -0.25) is 4.79 Å². The molecule has 0 aliphatic heterocycles. The van der Waals surface area contributed by atoms with Crippen molar-refractivity contribution in [2.75, 3.05) is 0 Å². The van der Waals surface area contributed by atoms with Crippen LogP contribution in [0.4, 0.5) is 13.2 Å². The number of nitrogens with one attached hydrogen (secondary N) is 1. The molecule has 3 N–H and O–H groups in total. The third-order valence-corrected chi connectivity index (χ3v) is 4.20. The van der Waals surface area contributed by atoms with E-state index >= 15 is 0 Å². The lowest BCUT2D eigenvalue weighted by atomic mass is 9.85. The quantitative estimate of drug-likeness (QED) is 0.829. The molecule has 1 atom stereocenters. The number of nitrogens with two attached hydrogens (primary N) is 1. The first kappa shape index (κ1) is 14.6. The third kappa shape index (κ3) is 4.37. The van der Waals surface area contributed by atoms with Crippen LogP contribution in [0.2, 0.25) is 0 Å². The Morgan fingerprint density at radius 3 is 2.21 bits per heavy atom. The number of hydrogen-bond acceptors (Lipinski definition) is 2. The molecule has 3 nitrogen and oxygen atoms in total. The lowest BCUT2D eigenvalue weighted by molar-refractivity contribution is -0.182. The molecule has 1 amide bonds. The Kier molecular flexibility index (Phi) is 4.38. The zero-order chi connectivity index (χ0) is 14.0. The lowest BCUT2D eigenvalue weighted by Crippen LogP contribution is -2.42. The summed E-state index contributed by atoms with van der Waals surface area (Å²) in [6.07, 6.45) is -0.571. The summed E-state index contributed by atoms with van der Waals surface area (Å²) in [6, 6.07) is -0.205. The molecule has 0 heterocycles. The molecule has 0 aromatic carbocycles. The minimum atomic E-state index is -4.09. The van der Waals surface area contributed by atoms with Crippen LogP contribution in [0.15, 0.2) is 0 Å². The zero-order valence-electron chi connectivity index (χ0n) is 10.9. The van der Waals surface area contributed by atoms with E-state index in [-0.39, 0.29) is 30.8 Å². The van der Waals surface area contributed by atoms with Gasteiger partial charge in [-0.15, -0.1) is 0 Å². The van der Waals surface area contributed by atoms with Gasteiger partial charge < -0.3 is 11.1 Å². The number of alkyl halides is 3. The SMILES string of the molecule is NC(CC(=O)NC1CCC(C(F)(F)F)CC1)C1CC1. The van der Waals surface area contributed by atoms with Crippen LogP contribution in [0, 0.1) is 11.8 Å². The van der Waals surface area contributed by atoms with Crippen LogP contribution in [-0.4, -0.2) is 24.2 Å². The first-order valence-electron chi connectivity index (χ1n) is 6.98. The molecule has 0 radical (unpaired) electrons. The first-order valence-corrected chi connectivity index (χ1v) is 6.98. The number of carbonyl (C=O) groups is 1. The number of amides is 1. The standard InChI is InChI=1S/C13H21F3N2O/c14-13(15,16)9-3-5-10(6-4-9)18-12(19)7-11(17)8-1-2-8/h8-11H,1-7,17H2,(H,18,19). The lowest BCUT2D eigenvalue weighted by Gasteiger charge is -2.30. The van der Waals surface area contributed by atoms with Crippen LogP contribution in [0.5, 0.6) is 0 Å². The molecule has 2 aliphatic carbocycles. The van der Waals surface area contributed by atoms with E-state index in [2.05, 4.69) is 5.32 Å². The van der Waals surface area contributed by atoms with Gasteiger partial charge in [0, 0.05) is 18.5 Å². The predicted molar refractivity (Wildman–Crippen MR) is 65.3 cm³/mol. The molecule has 2 saturated carbocycles. The Morgan fingerprint density at radius 1 is 1.16 bits per heavy atom. The highest BCUT2D eigenvalue weighted by atomic mass is 19.4. The fourth-order valence-corrected chi connectivity index (χ4v) is 2.76. The van der Waals surface area contributed by atoms with Crippen LogP contribution in [0.25, 0.3) is 0 Å². The first-order chi connectivity index (χ1) is 8.86. The van der Waals surface area contributed by atoms with Crippen molar-refractivity contribution < 1.29 is 18.0 Å². The molecule has 0 spiro atoms. The summed E-state index contributed by atoms with van der Waals surface area (Å²) in [7, 11) is 0. The van der Waals surface area contributed by atoms with Gasteiger partial charge >= 0.3 is 6.18 Å². The van der Waals surface area contributed by atoms with Crippen molar-refractivity contribution in [2.45, 2.75) is 63.2 Å². The van der Waals surface area contributed by atoms with Gasteiger partial charge in [0.2, 0.25) is 5.91 Å². The molecule has 19 heavy (non-hydrogen) atoms. The van der Waals surface area contributed by atoms with Crippen LogP contribution < -0.4 is 11.1 Å². The maximum atomic E-state index is 12.5. The largest absolute Gasteiger partial charge is 0.391 e. The van der Waals surface area contributed by atoms with E-state index in [4.69, 9.17) is 5.73 Å². The van der Waals surface area contributed by atoms with Crippen molar-refractivity contribution in [1.29, 1.82) is 0 Å². The molecule has 0 bridgehead atoms. The second-order valence-electron chi connectivity index (χ2n) is 5.86. The van der Waals surface area contributed by atoms with E-state index in [9.17, 15) is 18.0 Å². The zero-order valence-corrected chi connectivity index (χ0v) is 10.9. The topological polar surface area (TPSA) is 55.1 Å². The van der Waals surface area contributed by atoms with Crippen LogP contribution in [-0.2, 0) is 4.79 Å². The Hall–Kier alpha value is -0.780. The van der Waals surface area contributed by atoms with Crippen molar-refractivity contribution in [3.8, 4) is 0 Å². The fraction of sp³-hybridized carbons (Fsp3) is 0.923. The molecule has 0 aromatic heterocycles. The van der Waals surface area contributed by atoms with Crippen LogP contribution in [0.1, 0.15) is 44.9 Å². The van der Waals surface area contributed by atoms with Gasteiger partial charge in [-0.05, 0) is 44.4 Å². The second-order valence-corrected chi connectivity index (χ2v) is 5.86. The molecule has 2 fully saturated rings. The Bertz CT molecular complexity index is 320. The van der Waals surface area contributed by atoms with Gasteiger partial charge in [-0.25, -0.2) is 0 Å². The summed E-state index contributed by atoms with van der Waals surface area (Å²) in [5.41, 5.74) is 5.85. The number of rotatable bonds is 4. The van der Waals surface area contributed by atoms with Crippen molar-refractivity contribution in [3.63, 3.8) is 0 Å². The summed E-state index contributed by atoms with van der Waals surface area (Å²) in [6.45, 7) is 0. The highest BCUT2D eigenvalue weighted by molar-refractivity contribution is 5.77. The molecule has 2 rings (SSSR count). The molecular formula is C13H21F3N2O. The summed E-state index contributed by atoms with van der Waals surface area (Å²) in [4.78, 5) is 11.7. The Balaban J connectivity index is 1.68. The monoisotopic (exact) mass is 278 g/mol. The molecule has 6 heteroatoms. The van der Waals surface area contributed by atoms with Gasteiger partial charge in [-0.2, -0.15) is 13.2 Å². The van der Waals surface area contributed by atoms with Crippen molar-refractivity contribution in [2.24, 2.45) is 17.6 Å². The van der Waals surface area contributed by atoms with Crippen LogP contribution >= 0.6 is 0 Å². The fourth-order valence-electron chi connectivity index (χ4n) is 2.76. The smallest absolute Gasteiger partial charge is 0.353 e. The molecule has 1 unspecified atom stereocenters. The van der Waals surface area contributed by atoms with Crippen LogP contribution in [0.3, 0.4) is 0 Å². The molecule has 0 aromatic rings. The maximum Gasteiger partial charge on any atom is 0.391 e. The number of carbonyl (C=O) groups excluding carboxylic acids is 1. The van der Waals surface area contributed by atoms with Crippen molar-refractivity contribution in [1.82, 2.24) is 5.32 Å². The minimum Gasteiger partial charge on any atom is -0.353 e. The van der Waals surface area contributed by atoms with Gasteiger partial charge in [0.05, 0.1) is 5.92 Å². The normalized spacial score (nSPS) is 29.9. The van der Waals surface area contributed by atoms with E-state index in [1.54, 1.807) is 0 Å². The Labute approximate surface area is 111 Å². The number of halogens is 3. The summed E-state index contributed by atoms with van der Waals surface area (Å²) in [5, 5.41) is 2.82. The van der Waals surface area contributed by atoms with Gasteiger partial charge in [0.15, 0.2) is 0 Å².